The highest BCUT2D eigenvalue weighted by Crippen LogP contribution is 2.29. The van der Waals surface area contributed by atoms with Crippen molar-refractivity contribution in [3.05, 3.63) is 65.7 Å². The lowest BCUT2D eigenvalue weighted by atomic mass is 10.1. The average Bonchev–Trinajstić information content (AvgIpc) is 2.84. The third-order valence-corrected chi connectivity index (χ3v) is 3.69. The lowest BCUT2D eigenvalue weighted by Gasteiger charge is -2.21. The largest absolute Gasteiger partial charge is 0.326 e. The Morgan fingerprint density at radius 3 is 2.68 bits per heavy atom. The van der Waals surface area contributed by atoms with E-state index in [1.54, 1.807) is 31.2 Å². The van der Waals surface area contributed by atoms with Crippen LogP contribution in [0.2, 0.25) is 0 Å². The third kappa shape index (κ3) is 3.83. The fraction of sp³-hybridized carbons (Fsp3) is 0.222. The second-order valence-electron chi connectivity index (χ2n) is 5.91. The topological polar surface area (TPSA) is 53.9 Å². The van der Waals surface area contributed by atoms with E-state index in [0.29, 0.717) is 5.69 Å². The minimum Gasteiger partial charge on any atom is -0.326 e. The van der Waals surface area contributed by atoms with E-state index < -0.39 is 17.4 Å². The highest BCUT2D eigenvalue weighted by molar-refractivity contribution is 6.00. The van der Waals surface area contributed by atoms with Crippen LogP contribution in [-0.2, 0) is 9.63 Å². The van der Waals surface area contributed by atoms with Gasteiger partial charge in [-0.25, -0.2) is 23.7 Å². The van der Waals surface area contributed by atoms with Gasteiger partial charge in [-0.05, 0) is 37.3 Å². The van der Waals surface area contributed by atoms with Crippen molar-refractivity contribution < 1.29 is 18.4 Å². The fourth-order valence-corrected chi connectivity index (χ4v) is 2.65. The Kier molecular flexibility index (Phi) is 4.50. The molecule has 0 aliphatic carbocycles. The monoisotopic (exact) mass is 345 g/mol. The number of amidine groups is 1. The van der Waals surface area contributed by atoms with Crippen LogP contribution in [0.1, 0.15) is 18.9 Å². The van der Waals surface area contributed by atoms with Gasteiger partial charge in [-0.3, -0.25) is 4.79 Å². The van der Waals surface area contributed by atoms with Crippen LogP contribution in [0.3, 0.4) is 0 Å². The first-order chi connectivity index (χ1) is 11.9. The molecule has 0 fully saturated rings. The SMILES string of the molecule is CN1OC(C)(CC(=O)Nc2ccccc2)N=C1c1cc(F)ccc1F. The zero-order valence-corrected chi connectivity index (χ0v) is 13.8. The minimum atomic E-state index is -1.21. The van der Waals surface area contributed by atoms with E-state index >= 15 is 0 Å². The Bertz CT molecular complexity index is 826. The number of halogens is 2. The number of nitrogens with one attached hydrogen (secondary N) is 1. The smallest absolute Gasteiger partial charge is 0.229 e. The van der Waals surface area contributed by atoms with Gasteiger partial charge < -0.3 is 5.32 Å². The Hall–Kier alpha value is -2.80. The molecule has 25 heavy (non-hydrogen) atoms. The molecule has 1 atom stereocenters. The predicted octanol–water partition coefficient (Wildman–Crippen LogP) is 3.33. The van der Waals surface area contributed by atoms with Gasteiger partial charge in [0.25, 0.3) is 0 Å². The van der Waals surface area contributed by atoms with Crippen molar-refractivity contribution >= 4 is 17.4 Å². The quantitative estimate of drug-likeness (QED) is 0.925. The molecule has 0 aromatic heterocycles. The molecule has 130 valence electrons. The van der Waals surface area contributed by atoms with Crippen molar-refractivity contribution in [2.24, 2.45) is 4.99 Å². The summed E-state index contributed by atoms with van der Waals surface area (Å²) in [5.41, 5.74) is -0.570. The molecule has 0 spiro atoms. The van der Waals surface area contributed by atoms with Gasteiger partial charge in [-0.15, -0.1) is 0 Å². The molecule has 1 unspecified atom stereocenters. The molecule has 0 bridgehead atoms. The maximum absolute atomic E-state index is 14.0. The number of amides is 1. The molecule has 0 radical (unpaired) electrons. The van der Waals surface area contributed by atoms with Crippen molar-refractivity contribution in [3.8, 4) is 0 Å². The normalized spacial score (nSPS) is 19.7. The van der Waals surface area contributed by atoms with E-state index in [9.17, 15) is 13.6 Å². The van der Waals surface area contributed by atoms with Crippen molar-refractivity contribution in [2.75, 3.05) is 12.4 Å². The molecule has 1 N–H and O–H groups in total. The van der Waals surface area contributed by atoms with Crippen LogP contribution < -0.4 is 5.32 Å². The Balaban J connectivity index is 1.79. The van der Waals surface area contributed by atoms with Gasteiger partial charge in [0.05, 0.1) is 12.0 Å². The number of anilines is 1. The lowest BCUT2D eigenvalue weighted by molar-refractivity contribution is -0.164. The number of aliphatic imine (C=N–C) groups is 1. The van der Waals surface area contributed by atoms with Crippen molar-refractivity contribution in [1.29, 1.82) is 0 Å². The van der Waals surface area contributed by atoms with Gasteiger partial charge in [-0.2, -0.15) is 0 Å². The summed E-state index contributed by atoms with van der Waals surface area (Å²) >= 11 is 0. The molecule has 7 heteroatoms. The first-order valence-electron chi connectivity index (χ1n) is 7.69. The zero-order chi connectivity index (χ0) is 18.0. The molecule has 1 amide bonds. The van der Waals surface area contributed by atoms with E-state index in [2.05, 4.69) is 10.3 Å². The van der Waals surface area contributed by atoms with Crippen LogP contribution in [0, 0.1) is 11.6 Å². The number of hydroxylamine groups is 2. The molecule has 5 nitrogen and oxygen atoms in total. The Morgan fingerprint density at radius 2 is 1.96 bits per heavy atom. The average molecular weight is 345 g/mol. The molecule has 1 heterocycles. The standard InChI is InChI=1S/C18H17F2N3O2/c1-18(11-16(24)21-13-6-4-3-5-7-13)22-17(23(2)25-18)14-10-12(19)8-9-15(14)20/h3-10H,11H2,1-2H3,(H,21,24). The summed E-state index contributed by atoms with van der Waals surface area (Å²) in [5.74, 6) is -1.37. The first kappa shape index (κ1) is 17.0. The second-order valence-corrected chi connectivity index (χ2v) is 5.91. The molecule has 1 aliphatic heterocycles. The van der Waals surface area contributed by atoms with Gasteiger partial charge in [-0.1, -0.05) is 18.2 Å². The minimum absolute atomic E-state index is 0.0188. The molecular weight excluding hydrogens is 328 g/mol. The maximum Gasteiger partial charge on any atom is 0.229 e. The summed E-state index contributed by atoms with van der Waals surface area (Å²) in [5, 5.41) is 3.99. The number of para-hydroxylation sites is 1. The lowest BCUT2D eigenvalue weighted by Crippen LogP contribution is -2.32. The summed E-state index contributed by atoms with van der Waals surface area (Å²) in [6.07, 6.45) is -0.0767. The Labute approximate surface area is 143 Å². The number of nitrogens with zero attached hydrogens (tertiary/aromatic N) is 2. The summed E-state index contributed by atoms with van der Waals surface area (Å²) in [6.45, 7) is 1.61. The predicted molar refractivity (Wildman–Crippen MR) is 89.8 cm³/mol. The van der Waals surface area contributed by atoms with Crippen LogP contribution in [0.25, 0.3) is 0 Å². The molecule has 3 rings (SSSR count). The van der Waals surface area contributed by atoms with Crippen LogP contribution in [0.15, 0.2) is 53.5 Å². The van der Waals surface area contributed by atoms with Crippen molar-refractivity contribution in [3.63, 3.8) is 0 Å². The van der Waals surface area contributed by atoms with Crippen LogP contribution in [0.4, 0.5) is 14.5 Å². The molecule has 2 aromatic rings. The number of carbonyl (C=O) groups is 1. The number of hydrogen-bond acceptors (Lipinski definition) is 4. The Morgan fingerprint density at radius 1 is 1.24 bits per heavy atom. The summed E-state index contributed by atoms with van der Waals surface area (Å²) in [4.78, 5) is 22.1. The maximum atomic E-state index is 14.0. The van der Waals surface area contributed by atoms with Crippen LogP contribution in [0.5, 0.6) is 0 Å². The van der Waals surface area contributed by atoms with E-state index in [-0.39, 0.29) is 23.7 Å². The van der Waals surface area contributed by atoms with E-state index in [1.807, 2.05) is 6.07 Å². The molecule has 2 aromatic carbocycles. The van der Waals surface area contributed by atoms with E-state index in [1.165, 1.54) is 12.1 Å². The van der Waals surface area contributed by atoms with Crippen molar-refractivity contribution in [2.45, 2.75) is 19.1 Å². The van der Waals surface area contributed by atoms with Gasteiger partial charge >= 0.3 is 0 Å². The van der Waals surface area contributed by atoms with Crippen LogP contribution in [-0.4, -0.2) is 29.6 Å². The van der Waals surface area contributed by atoms with Gasteiger partial charge in [0, 0.05) is 12.7 Å². The second kappa shape index (κ2) is 6.60. The fourth-order valence-electron chi connectivity index (χ4n) is 2.65. The highest BCUT2D eigenvalue weighted by Gasteiger charge is 2.38. The van der Waals surface area contributed by atoms with E-state index in [4.69, 9.17) is 4.84 Å². The molecule has 0 saturated heterocycles. The molecular formula is C18H17F2N3O2. The molecule has 1 aliphatic rings. The number of carbonyl (C=O) groups excluding carboxylic acids is 1. The first-order valence-corrected chi connectivity index (χ1v) is 7.69. The highest BCUT2D eigenvalue weighted by atomic mass is 19.1. The molecule has 0 saturated carbocycles. The summed E-state index contributed by atoms with van der Waals surface area (Å²) in [7, 11) is 1.53. The summed E-state index contributed by atoms with van der Waals surface area (Å²) < 4.78 is 27.4. The van der Waals surface area contributed by atoms with Gasteiger partial charge in [0.2, 0.25) is 5.91 Å². The van der Waals surface area contributed by atoms with Crippen LogP contribution >= 0.6 is 0 Å². The summed E-state index contributed by atoms with van der Waals surface area (Å²) in [6, 6.07) is 12.1. The number of hydrogen-bond donors (Lipinski definition) is 1. The van der Waals surface area contributed by atoms with Crippen molar-refractivity contribution in [1.82, 2.24) is 5.06 Å². The number of rotatable bonds is 4. The third-order valence-electron chi connectivity index (χ3n) is 3.69. The number of benzene rings is 2. The van der Waals surface area contributed by atoms with Gasteiger partial charge in [0.1, 0.15) is 11.6 Å². The van der Waals surface area contributed by atoms with Gasteiger partial charge in [0.15, 0.2) is 11.6 Å². The van der Waals surface area contributed by atoms with E-state index in [0.717, 1.165) is 18.2 Å². The zero-order valence-electron chi connectivity index (χ0n) is 13.8.